The third-order valence-electron chi connectivity index (χ3n) is 5.67. The van der Waals surface area contributed by atoms with Crippen LogP contribution in [0.2, 0.25) is 0 Å². The zero-order chi connectivity index (χ0) is 21.9. The van der Waals surface area contributed by atoms with Crippen molar-refractivity contribution >= 4 is 6.09 Å². The van der Waals surface area contributed by atoms with Crippen molar-refractivity contribution in [2.75, 3.05) is 6.54 Å². The van der Waals surface area contributed by atoms with E-state index >= 15 is 0 Å². The van der Waals surface area contributed by atoms with Gasteiger partial charge in [0, 0.05) is 25.0 Å². The van der Waals surface area contributed by atoms with Crippen molar-refractivity contribution in [3.8, 4) is 0 Å². The summed E-state index contributed by atoms with van der Waals surface area (Å²) in [6, 6.07) is 21.3. The predicted octanol–water partition coefficient (Wildman–Crippen LogP) is 5.59. The fourth-order valence-electron chi connectivity index (χ4n) is 4.28. The second kappa shape index (κ2) is 8.81. The molecule has 3 atom stereocenters. The first-order valence-electron chi connectivity index (χ1n) is 10.9. The fourth-order valence-corrected chi connectivity index (χ4v) is 4.28. The van der Waals surface area contributed by atoms with Crippen LogP contribution in [0, 0.1) is 5.41 Å². The molecule has 1 N–H and O–H groups in total. The highest BCUT2D eigenvalue weighted by Gasteiger charge is 2.48. The minimum absolute atomic E-state index is 0.0463. The van der Waals surface area contributed by atoms with E-state index < -0.39 is 5.60 Å². The van der Waals surface area contributed by atoms with E-state index in [2.05, 4.69) is 85.6 Å². The summed E-state index contributed by atoms with van der Waals surface area (Å²) in [5.74, 6) is 0.370. The molecular weight excluding hydrogens is 372 g/mol. The van der Waals surface area contributed by atoms with E-state index in [-0.39, 0.29) is 23.6 Å². The first-order valence-corrected chi connectivity index (χ1v) is 10.9. The zero-order valence-corrected chi connectivity index (χ0v) is 19.2. The maximum atomic E-state index is 12.7. The van der Waals surface area contributed by atoms with Crippen molar-refractivity contribution in [3.05, 3.63) is 71.8 Å². The summed E-state index contributed by atoms with van der Waals surface area (Å²) in [4.78, 5) is 15.2. The highest BCUT2D eigenvalue weighted by molar-refractivity contribution is 5.68. The summed E-state index contributed by atoms with van der Waals surface area (Å²) in [5.41, 5.74) is 1.98. The van der Waals surface area contributed by atoms with E-state index in [1.165, 1.54) is 11.1 Å². The van der Waals surface area contributed by atoms with Crippen LogP contribution in [-0.4, -0.2) is 35.2 Å². The molecule has 162 valence electrons. The molecule has 1 aliphatic heterocycles. The van der Waals surface area contributed by atoms with Crippen LogP contribution < -0.4 is 5.32 Å². The molecular formula is C26H36N2O2. The van der Waals surface area contributed by atoms with Gasteiger partial charge in [0.25, 0.3) is 0 Å². The number of hydrogen-bond acceptors (Lipinski definition) is 3. The minimum Gasteiger partial charge on any atom is -0.444 e. The van der Waals surface area contributed by atoms with Gasteiger partial charge in [0.1, 0.15) is 5.60 Å². The maximum Gasteiger partial charge on any atom is 0.407 e. The lowest BCUT2D eigenvalue weighted by atomic mass is 9.70. The Morgan fingerprint density at radius 1 is 1.00 bits per heavy atom. The van der Waals surface area contributed by atoms with Gasteiger partial charge in [0.2, 0.25) is 0 Å². The van der Waals surface area contributed by atoms with Gasteiger partial charge in [-0.15, -0.1) is 0 Å². The standard InChI is InChI=1S/C26H36N2O2/c1-25(2,3)23(27-24(29)30-26(4,5)6)22-21(20-15-11-8-12-16-20)18-28(22)17-19-13-9-7-10-14-19/h7-16,21-23H,17-18H2,1-6H3,(H,27,29)/t21-,22+,23+/m0/s1. The Bertz CT molecular complexity index is 822. The Balaban J connectivity index is 1.88. The second-order valence-corrected chi connectivity index (χ2v) is 10.4. The van der Waals surface area contributed by atoms with Crippen molar-refractivity contribution < 1.29 is 9.53 Å². The quantitative estimate of drug-likeness (QED) is 0.701. The molecule has 0 aromatic heterocycles. The van der Waals surface area contributed by atoms with Crippen LogP contribution in [0.15, 0.2) is 60.7 Å². The van der Waals surface area contributed by atoms with E-state index in [4.69, 9.17) is 4.74 Å². The van der Waals surface area contributed by atoms with Crippen LogP contribution in [0.1, 0.15) is 58.6 Å². The van der Waals surface area contributed by atoms with Gasteiger partial charge in [0.15, 0.2) is 0 Å². The summed E-state index contributed by atoms with van der Waals surface area (Å²) in [5, 5.41) is 3.23. The second-order valence-electron chi connectivity index (χ2n) is 10.4. The number of nitrogens with zero attached hydrogens (tertiary/aromatic N) is 1. The average molecular weight is 409 g/mol. The van der Waals surface area contributed by atoms with Crippen molar-refractivity contribution in [1.82, 2.24) is 10.2 Å². The SMILES string of the molecule is CC(C)(C)OC(=O)N[C@H]([C@H]1[C@H](c2ccccc2)CN1Cc1ccccc1)C(C)(C)C. The number of rotatable bonds is 5. The third-order valence-corrected chi connectivity index (χ3v) is 5.67. The molecule has 0 radical (unpaired) electrons. The number of amides is 1. The molecule has 2 aromatic rings. The van der Waals surface area contributed by atoms with E-state index in [1.54, 1.807) is 0 Å². The molecule has 0 unspecified atom stereocenters. The molecule has 0 saturated carbocycles. The Hall–Kier alpha value is -2.33. The topological polar surface area (TPSA) is 41.6 Å². The monoisotopic (exact) mass is 408 g/mol. The Morgan fingerprint density at radius 2 is 1.57 bits per heavy atom. The highest BCUT2D eigenvalue weighted by Crippen LogP contribution is 2.41. The van der Waals surface area contributed by atoms with Crippen LogP contribution >= 0.6 is 0 Å². The number of ether oxygens (including phenoxy) is 1. The van der Waals surface area contributed by atoms with Gasteiger partial charge in [-0.05, 0) is 37.3 Å². The summed E-state index contributed by atoms with van der Waals surface area (Å²) >= 11 is 0. The molecule has 2 aromatic carbocycles. The molecule has 0 aliphatic carbocycles. The Kier molecular flexibility index (Phi) is 6.56. The van der Waals surface area contributed by atoms with Crippen LogP contribution in [0.25, 0.3) is 0 Å². The van der Waals surface area contributed by atoms with Gasteiger partial charge >= 0.3 is 6.09 Å². The van der Waals surface area contributed by atoms with Gasteiger partial charge in [-0.3, -0.25) is 4.90 Å². The number of alkyl carbamates (subject to hydrolysis) is 1. The van der Waals surface area contributed by atoms with Gasteiger partial charge in [-0.1, -0.05) is 81.4 Å². The first-order chi connectivity index (χ1) is 14.0. The normalized spacial score (nSPS) is 20.9. The maximum absolute atomic E-state index is 12.7. The molecule has 4 nitrogen and oxygen atoms in total. The lowest BCUT2D eigenvalue weighted by Crippen LogP contribution is -2.67. The number of carbonyl (C=O) groups is 1. The van der Waals surface area contributed by atoms with Crippen LogP contribution in [-0.2, 0) is 11.3 Å². The summed E-state index contributed by atoms with van der Waals surface area (Å²) in [6.07, 6.45) is -0.346. The van der Waals surface area contributed by atoms with E-state index in [0.717, 1.165) is 13.1 Å². The smallest absolute Gasteiger partial charge is 0.407 e. The predicted molar refractivity (Wildman–Crippen MR) is 122 cm³/mol. The molecule has 3 rings (SSSR count). The lowest BCUT2D eigenvalue weighted by molar-refractivity contribution is -0.0141. The van der Waals surface area contributed by atoms with Gasteiger partial charge in [-0.2, -0.15) is 0 Å². The number of nitrogens with one attached hydrogen (secondary N) is 1. The van der Waals surface area contributed by atoms with Crippen molar-refractivity contribution in [1.29, 1.82) is 0 Å². The minimum atomic E-state index is -0.519. The van der Waals surface area contributed by atoms with Gasteiger partial charge < -0.3 is 10.1 Å². The summed E-state index contributed by atoms with van der Waals surface area (Å²) < 4.78 is 5.61. The largest absolute Gasteiger partial charge is 0.444 e. The molecule has 30 heavy (non-hydrogen) atoms. The van der Waals surface area contributed by atoms with E-state index in [9.17, 15) is 4.79 Å². The summed E-state index contributed by atoms with van der Waals surface area (Å²) in [6.45, 7) is 14.1. The molecule has 0 spiro atoms. The lowest BCUT2D eigenvalue weighted by Gasteiger charge is -2.55. The zero-order valence-electron chi connectivity index (χ0n) is 19.2. The highest BCUT2D eigenvalue weighted by atomic mass is 16.6. The third kappa shape index (κ3) is 5.63. The number of likely N-dealkylation sites (tertiary alicyclic amines) is 1. The number of benzene rings is 2. The fraction of sp³-hybridized carbons (Fsp3) is 0.500. The van der Waals surface area contributed by atoms with Crippen LogP contribution in [0.5, 0.6) is 0 Å². The first kappa shape index (κ1) is 22.4. The van der Waals surface area contributed by atoms with Crippen molar-refractivity contribution in [3.63, 3.8) is 0 Å². The molecule has 1 aliphatic rings. The number of carbonyl (C=O) groups excluding carboxylic acids is 1. The Labute approximate surface area is 181 Å². The summed E-state index contributed by atoms with van der Waals surface area (Å²) in [7, 11) is 0. The molecule has 1 saturated heterocycles. The molecule has 1 fully saturated rings. The van der Waals surface area contributed by atoms with E-state index in [1.807, 2.05) is 26.8 Å². The van der Waals surface area contributed by atoms with E-state index in [0.29, 0.717) is 5.92 Å². The number of hydrogen-bond donors (Lipinski definition) is 1. The molecule has 0 bridgehead atoms. The van der Waals surface area contributed by atoms with Gasteiger partial charge in [-0.25, -0.2) is 4.79 Å². The molecule has 1 heterocycles. The molecule has 4 heteroatoms. The van der Waals surface area contributed by atoms with Crippen LogP contribution in [0.4, 0.5) is 4.79 Å². The van der Waals surface area contributed by atoms with Gasteiger partial charge in [0.05, 0.1) is 6.04 Å². The van der Waals surface area contributed by atoms with Crippen molar-refractivity contribution in [2.45, 2.75) is 71.7 Å². The van der Waals surface area contributed by atoms with Crippen molar-refractivity contribution in [2.24, 2.45) is 5.41 Å². The Morgan fingerprint density at radius 3 is 2.10 bits per heavy atom. The van der Waals surface area contributed by atoms with Crippen LogP contribution in [0.3, 0.4) is 0 Å². The molecule has 1 amide bonds. The average Bonchev–Trinajstić information content (AvgIpc) is 2.63.